The molecule has 3 aromatic rings. The lowest BCUT2D eigenvalue weighted by Gasteiger charge is -2.09. The number of halogens is 3. The molecule has 0 saturated carbocycles. The Kier molecular flexibility index (Phi) is 8.43. The molecule has 1 amide bonds. The Bertz CT molecular complexity index is 978. The summed E-state index contributed by atoms with van der Waals surface area (Å²) < 4.78 is 19.4. The molecule has 0 aromatic heterocycles. The number of hydrogen-bond acceptors (Lipinski definition) is 3. The summed E-state index contributed by atoms with van der Waals surface area (Å²) >= 11 is 13.6. The summed E-state index contributed by atoms with van der Waals surface area (Å²) in [6.45, 7) is 0.828. The van der Waals surface area contributed by atoms with Gasteiger partial charge in [-0.1, -0.05) is 47.5 Å². The zero-order chi connectivity index (χ0) is 21.3. The van der Waals surface area contributed by atoms with E-state index in [0.29, 0.717) is 51.6 Å². The molecule has 156 valence electrons. The van der Waals surface area contributed by atoms with Crippen LogP contribution in [-0.4, -0.2) is 18.2 Å². The number of carbonyl (C=O) groups excluding carboxylic acids is 1. The van der Waals surface area contributed by atoms with E-state index in [-0.39, 0.29) is 11.7 Å². The summed E-state index contributed by atoms with van der Waals surface area (Å²) in [6.07, 6.45) is 0. The van der Waals surface area contributed by atoms with E-state index in [1.165, 1.54) is 17.8 Å². The van der Waals surface area contributed by atoms with E-state index in [0.717, 1.165) is 5.56 Å². The second kappa shape index (κ2) is 11.3. The molecule has 3 nitrogen and oxygen atoms in total. The average molecular weight is 464 g/mol. The van der Waals surface area contributed by atoms with Gasteiger partial charge in [-0.05, 0) is 42.5 Å². The van der Waals surface area contributed by atoms with E-state index >= 15 is 0 Å². The van der Waals surface area contributed by atoms with Gasteiger partial charge in [0, 0.05) is 44.8 Å². The highest BCUT2D eigenvalue weighted by Crippen LogP contribution is 2.23. The first-order valence-electron chi connectivity index (χ1n) is 9.29. The van der Waals surface area contributed by atoms with Gasteiger partial charge in [0.1, 0.15) is 18.2 Å². The molecule has 3 rings (SSSR count). The number of hydrogen-bond donors (Lipinski definition) is 1. The third-order valence-electron chi connectivity index (χ3n) is 4.31. The van der Waals surface area contributed by atoms with Gasteiger partial charge in [0.2, 0.25) is 0 Å². The van der Waals surface area contributed by atoms with Gasteiger partial charge in [-0.15, -0.1) is 0 Å². The van der Waals surface area contributed by atoms with Crippen LogP contribution in [0.3, 0.4) is 0 Å². The summed E-state index contributed by atoms with van der Waals surface area (Å²) in [7, 11) is 0. The van der Waals surface area contributed by atoms with Crippen LogP contribution in [-0.2, 0) is 12.4 Å². The van der Waals surface area contributed by atoms with Crippen molar-refractivity contribution in [3.8, 4) is 5.75 Å². The van der Waals surface area contributed by atoms with Crippen LogP contribution in [0.1, 0.15) is 21.5 Å². The number of amides is 1. The SMILES string of the molecule is O=C(NCCSCc1c(F)cccc1Cl)c1ccc(OCc2ccccc2Cl)cc1. The summed E-state index contributed by atoms with van der Waals surface area (Å²) in [5.74, 6) is 1.28. The van der Waals surface area contributed by atoms with Crippen molar-refractivity contribution in [2.75, 3.05) is 12.3 Å². The summed E-state index contributed by atoms with van der Waals surface area (Å²) in [5.41, 5.74) is 1.93. The van der Waals surface area contributed by atoms with Crippen LogP contribution in [0.2, 0.25) is 10.0 Å². The molecule has 30 heavy (non-hydrogen) atoms. The molecule has 0 bridgehead atoms. The van der Waals surface area contributed by atoms with Gasteiger partial charge in [0.15, 0.2) is 0 Å². The molecule has 0 unspecified atom stereocenters. The number of nitrogens with one attached hydrogen (secondary N) is 1. The minimum Gasteiger partial charge on any atom is -0.489 e. The molecule has 0 spiro atoms. The van der Waals surface area contributed by atoms with E-state index in [2.05, 4.69) is 5.32 Å². The van der Waals surface area contributed by atoms with Crippen molar-refractivity contribution >= 4 is 40.9 Å². The average Bonchev–Trinajstić information content (AvgIpc) is 2.75. The number of benzene rings is 3. The highest BCUT2D eigenvalue weighted by Gasteiger charge is 2.08. The third-order valence-corrected chi connectivity index (χ3v) is 6.02. The Balaban J connectivity index is 1.41. The molecule has 1 N–H and O–H groups in total. The molecule has 0 aliphatic rings. The molecule has 7 heteroatoms. The van der Waals surface area contributed by atoms with Crippen LogP contribution in [0.5, 0.6) is 5.75 Å². The van der Waals surface area contributed by atoms with Crippen molar-refractivity contribution in [1.29, 1.82) is 0 Å². The van der Waals surface area contributed by atoms with Crippen LogP contribution >= 0.6 is 35.0 Å². The van der Waals surface area contributed by atoms with E-state index in [4.69, 9.17) is 27.9 Å². The number of thioether (sulfide) groups is 1. The van der Waals surface area contributed by atoms with Crippen molar-refractivity contribution in [1.82, 2.24) is 5.32 Å². The van der Waals surface area contributed by atoms with Crippen LogP contribution < -0.4 is 10.1 Å². The van der Waals surface area contributed by atoms with Gasteiger partial charge in [-0.25, -0.2) is 4.39 Å². The van der Waals surface area contributed by atoms with E-state index < -0.39 is 0 Å². The molecule has 0 atom stereocenters. The fourth-order valence-electron chi connectivity index (χ4n) is 2.66. The standard InChI is InChI=1S/C23H20Cl2FNO2S/c24-20-5-2-1-4-17(20)14-29-18-10-8-16(9-11-18)23(28)27-12-13-30-15-19-21(25)6-3-7-22(19)26/h1-11H,12-15H2,(H,27,28). The Labute approximate surface area is 189 Å². The topological polar surface area (TPSA) is 38.3 Å². The predicted molar refractivity (Wildman–Crippen MR) is 122 cm³/mol. The fourth-order valence-corrected chi connectivity index (χ4v) is 4.05. The molecule has 0 aliphatic heterocycles. The summed E-state index contributed by atoms with van der Waals surface area (Å²) in [4.78, 5) is 12.3. The predicted octanol–water partition coefficient (Wildman–Crippen LogP) is 6.37. The minimum absolute atomic E-state index is 0.169. The van der Waals surface area contributed by atoms with Crippen molar-refractivity contribution in [3.63, 3.8) is 0 Å². The molecule has 3 aromatic carbocycles. The van der Waals surface area contributed by atoms with Crippen molar-refractivity contribution < 1.29 is 13.9 Å². The number of carbonyl (C=O) groups is 1. The fraction of sp³-hybridized carbons (Fsp3) is 0.174. The monoisotopic (exact) mass is 463 g/mol. The number of ether oxygens (including phenoxy) is 1. The van der Waals surface area contributed by atoms with Crippen LogP contribution in [0, 0.1) is 5.82 Å². The van der Waals surface area contributed by atoms with Gasteiger partial charge >= 0.3 is 0 Å². The Morgan fingerprint density at radius 3 is 2.43 bits per heavy atom. The lowest BCUT2D eigenvalue weighted by atomic mass is 10.2. The Morgan fingerprint density at radius 1 is 0.967 bits per heavy atom. The first kappa shape index (κ1) is 22.5. The highest BCUT2D eigenvalue weighted by molar-refractivity contribution is 7.98. The molecule has 0 saturated heterocycles. The Morgan fingerprint density at radius 2 is 1.70 bits per heavy atom. The van der Waals surface area contributed by atoms with Gasteiger partial charge in [0.25, 0.3) is 5.91 Å². The normalized spacial score (nSPS) is 10.6. The molecule has 0 heterocycles. The first-order chi connectivity index (χ1) is 14.5. The number of rotatable bonds is 9. The second-order valence-electron chi connectivity index (χ2n) is 6.41. The van der Waals surface area contributed by atoms with E-state index in [1.807, 2.05) is 24.3 Å². The van der Waals surface area contributed by atoms with Crippen molar-refractivity contribution in [2.24, 2.45) is 0 Å². The van der Waals surface area contributed by atoms with Gasteiger partial charge in [-0.3, -0.25) is 4.79 Å². The quantitative estimate of drug-likeness (QED) is 0.374. The summed E-state index contributed by atoms with van der Waals surface area (Å²) in [6, 6.07) is 19.1. The van der Waals surface area contributed by atoms with Crippen LogP contribution in [0.15, 0.2) is 66.7 Å². The lowest BCUT2D eigenvalue weighted by molar-refractivity contribution is 0.0956. The molecular formula is C23H20Cl2FNO2S. The molecule has 0 aliphatic carbocycles. The maximum Gasteiger partial charge on any atom is 0.251 e. The molecular weight excluding hydrogens is 444 g/mol. The summed E-state index contributed by atoms with van der Waals surface area (Å²) in [5, 5.41) is 3.93. The zero-order valence-corrected chi connectivity index (χ0v) is 18.4. The first-order valence-corrected chi connectivity index (χ1v) is 11.2. The van der Waals surface area contributed by atoms with Crippen molar-refractivity contribution in [3.05, 3.63) is 99.3 Å². The Hall–Kier alpha value is -2.21. The highest BCUT2D eigenvalue weighted by atomic mass is 35.5. The smallest absolute Gasteiger partial charge is 0.251 e. The van der Waals surface area contributed by atoms with Gasteiger partial charge < -0.3 is 10.1 Å². The lowest BCUT2D eigenvalue weighted by Crippen LogP contribution is -2.25. The maximum absolute atomic E-state index is 13.7. The van der Waals surface area contributed by atoms with Gasteiger partial charge in [-0.2, -0.15) is 11.8 Å². The van der Waals surface area contributed by atoms with Crippen LogP contribution in [0.4, 0.5) is 4.39 Å². The molecule has 0 fully saturated rings. The van der Waals surface area contributed by atoms with Crippen molar-refractivity contribution in [2.45, 2.75) is 12.4 Å². The largest absolute Gasteiger partial charge is 0.489 e. The second-order valence-corrected chi connectivity index (χ2v) is 8.33. The van der Waals surface area contributed by atoms with E-state index in [1.54, 1.807) is 36.4 Å². The molecule has 0 radical (unpaired) electrons. The van der Waals surface area contributed by atoms with Crippen LogP contribution in [0.25, 0.3) is 0 Å². The third kappa shape index (κ3) is 6.39. The van der Waals surface area contributed by atoms with E-state index in [9.17, 15) is 9.18 Å². The maximum atomic E-state index is 13.7. The zero-order valence-electron chi connectivity index (χ0n) is 16.0. The van der Waals surface area contributed by atoms with Gasteiger partial charge in [0.05, 0.1) is 0 Å². The minimum atomic E-state index is -0.309.